The lowest BCUT2D eigenvalue weighted by molar-refractivity contribution is -0.123. The summed E-state index contributed by atoms with van der Waals surface area (Å²) in [5, 5.41) is 4.05. The van der Waals surface area contributed by atoms with E-state index in [9.17, 15) is 13.2 Å². The molecular weight excluding hydrogens is 502 g/mol. The fourth-order valence-corrected chi connectivity index (χ4v) is 4.84. The number of benzene rings is 3. The second-order valence-electron chi connectivity index (χ2n) is 9.26. The lowest BCUT2D eigenvalue weighted by atomic mass is 10.0. The molecule has 1 amide bonds. The minimum atomic E-state index is -3.88. The minimum Gasteiger partial charge on any atom is -0.490 e. The van der Waals surface area contributed by atoms with Crippen molar-refractivity contribution in [2.45, 2.75) is 51.7 Å². The molecule has 38 heavy (non-hydrogen) atoms. The summed E-state index contributed by atoms with van der Waals surface area (Å²) >= 11 is 0. The number of amides is 1. The maximum Gasteiger partial charge on any atom is 0.258 e. The lowest BCUT2D eigenvalue weighted by Gasteiger charge is -2.19. The molecule has 0 spiro atoms. The smallest absolute Gasteiger partial charge is 0.258 e. The van der Waals surface area contributed by atoms with Crippen molar-refractivity contribution in [2.75, 3.05) is 6.61 Å². The van der Waals surface area contributed by atoms with Crippen LogP contribution in [0.4, 0.5) is 0 Å². The van der Waals surface area contributed by atoms with Crippen LogP contribution < -0.4 is 19.6 Å². The van der Waals surface area contributed by atoms with Crippen LogP contribution in [-0.4, -0.2) is 33.2 Å². The van der Waals surface area contributed by atoms with Crippen molar-refractivity contribution in [3.05, 3.63) is 89.5 Å². The average molecular weight is 538 g/mol. The van der Waals surface area contributed by atoms with E-state index in [0.717, 1.165) is 11.1 Å². The molecule has 0 aliphatic carbocycles. The molecule has 8 nitrogen and oxygen atoms in total. The zero-order valence-corrected chi connectivity index (χ0v) is 23.0. The fourth-order valence-electron chi connectivity index (χ4n) is 3.63. The number of hydrogen-bond donors (Lipinski definition) is 2. The second-order valence-corrected chi connectivity index (χ2v) is 11.0. The number of sulfonamides is 1. The van der Waals surface area contributed by atoms with Crippen LogP contribution in [0.1, 0.15) is 43.9 Å². The number of carbonyl (C=O) groups is 1. The topological polar surface area (TPSA) is 106 Å². The Kier molecular flexibility index (Phi) is 10.4. The van der Waals surface area contributed by atoms with Gasteiger partial charge in [0, 0.05) is 0 Å². The van der Waals surface area contributed by atoms with E-state index in [0.29, 0.717) is 36.7 Å². The number of nitrogens with one attached hydrogen (secondary N) is 2. The molecule has 0 saturated carbocycles. The van der Waals surface area contributed by atoms with Crippen LogP contribution in [0.2, 0.25) is 0 Å². The number of carbonyl (C=O) groups excluding carboxylic acids is 1. The van der Waals surface area contributed by atoms with E-state index in [1.807, 2.05) is 58.0 Å². The molecule has 0 aromatic heterocycles. The van der Waals surface area contributed by atoms with Crippen molar-refractivity contribution < 1.29 is 22.7 Å². The summed E-state index contributed by atoms with van der Waals surface area (Å²) in [7, 11) is -3.88. The number of hydrogen-bond acceptors (Lipinski definition) is 6. The zero-order chi connectivity index (χ0) is 27.5. The second kappa shape index (κ2) is 13.7. The van der Waals surface area contributed by atoms with Gasteiger partial charge in [-0.25, -0.2) is 13.8 Å². The number of ether oxygens (including phenoxy) is 2. The van der Waals surface area contributed by atoms with E-state index in [2.05, 4.69) is 15.2 Å². The van der Waals surface area contributed by atoms with E-state index in [4.69, 9.17) is 9.47 Å². The van der Waals surface area contributed by atoms with Gasteiger partial charge in [-0.1, -0.05) is 61.9 Å². The van der Waals surface area contributed by atoms with Crippen molar-refractivity contribution in [1.29, 1.82) is 0 Å². The predicted octanol–water partition coefficient (Wildman–Crippen LogP) is 4.82. The van der Waals surface area contributed by atoms with Gasteiger partial charge in [-0.2, -0.15) is 9.82 Å². The Labute approximate surface area is 225 Å². The van der Waals surface area contributed by atoms with Crippen LogP contribution in [0.5, 0.6) is 11.5 Å². The number of hydrazone groups is 1. The Balaban J connectivity index is 1.67. The quantitative estimate of drug-likeness (QED) is 0.240. The summed E-state index contributed by atoms with van der Waals surface area (Å²) in [6.45, 7) is 8.45. The molecule has 0 aliphatic rings. The average Bonchev–Trinajstić information content (AvgIpc) is 2.88. The molecule has 9 heteroatoms. The van der Waals surface area contributed by atoms with E-state index in [1.54, 1.807) is 30.3 Å². The van der Waals surface area contributed by atoms with Crippen LogP contribution in [0.25, 0.3) is 0 Å². The molecule has 3 aromatic rings. The standard InChI is InChI=1S/C29H35N3O5S/c1-5-36-28-18-24(13-16-27(28)37-20-23-9-7-6-8-10-23)19-30-31-29(33)26(17-21(2)3)32-38(34,35)25-14-11-22(4)12-15-25/h6-16,18-19,21,26,32H,5,17,20H2,1-4H3,(H,31,33)/b30-19-/t26-/m0/s1. The van der Waals surface area contributed by atoms with Gasteiger partial charge in [0.1, 0.15) is 12.6 Å². The van der Waals surface area contributed by atoms with Crippen LogP contribution in [0.15, 0.2) is 82.8 Å². The highest BCUT2D eigenvalue weighted by Gasteiger charge is 2.26. The molecule has 0 bridgehead atoms. The molecule has 1 atom stereocenters. The Morgan fingerprint density at radius 3 is 2.34 bits per heavy atom. The van der Waals surface area contributed by atoms with Gasteiger partial charge in [0.2, 0.25) is 10.0 Å². The van der Waals surface area contributed by atoms with E-state index in [1.165, 1.54) is 18.3 Å². The first-order valence-electron chi connectivity index (χ1n) is 12.5. The number of rotatable bonds is 13. The van der Waals surface area contributed by atoms with Crippen LogP contribution in [-0.2, 0) is 21.4 Å². The fraction of sp³-hybridized carbons (Fsp3) is 0.310. The number of aryl methyl sites for hydroxylation is 1. The normalized spacial score (nSPS) is 12.4. The molecule has 0 radical (unpaired) electrons. The molecule has 0 aliphatic heterocycles. The predicted molar refractivity (Wildman–Crippen MR) is 149 cm³/mol. The molecule has 0 fully saturated rings. The van der Waals surface area contributed by atoms with Gasteiger partial charge in [-0.05, 0) is 67.6 Å². The van der Waals surface area contributed by atoms with E-state index in [-0.39, 0.29) is 10.8 Å². The lowest BCUT2D eigenvalue weighted by Crippen LogP contribution is -2.46. The number of nitrogens with zero attached hydrogens (tertiary/aromatic N) is 1. The Morgan fingerprint density at radius 2 is 1.68 bits per heavy atom. The maximum absolute atomic E-state index is 12.9. The molecule has 0 unspecified atom stereocenters. The first-order chi connectivity index (χ1) is 18.2. The van der Waals surface area contributed by atoms with Gasteiger partial charge < -0.3 is 9.47 Å². The zero-order valence-electron chi connectivity index (χ0n) is 22.2. The monoisotopic (exact) mass is 537 g/mol. The summed E-state index contributed by atoms with van der Waals surface area (Å²) in [5.41, 5.74) is 5.13. The molecule has 202 valence electrons. The summed E-state index contributed by atoms with van der Waals surface area (Å²) < 4.78 is 39.9. The van der Waals surface area contributed by atoms with Crippen molar-refractivity contribution in [3.8, 4) is 11.5 Å². The summed E-state index contributed by atoms with van der Waals surface area (Å²) in [5.74, 6) is 0.688. The third kappa shape index (κ3) is 8.71. The maximum atomic E-state index is 12.9. The van der Waals surface area contributed by atoms with Crippen LogP contribution >= 0.6 is 0 Å². The van der Waals surface area contributed by atoms with Gasteiger partial charge in [0.15, 0.2) is 11.5 Å². The Bertz CT molecular complexity index is 1320. The van der Waals surface area contributed by atoms with Gasteiger partial charge >= 0.3 is 0 Å². The van der Waals surface area contributed by atoms with E-state index < -0.39 is 22.0 Å². The third-order valence-corrected chi connectivity index (χ3v) is 7.03. The highest BCUT2D eigenvalue weighted by Crippen LogP contribution is 2.29. The first kappa shape index (κ1) is 28.9. The van der Waals surface area contributed by atoms with Gasteiger partial charge in [-0.3, -0.25) is 4.79 Å². The van der Waals surface area contributed by atoms with Gasteiger partial charge in [0.25, 0.3) is 5.91 Å². The highest BCUT2D eigenvalue weighted by molar-refractivity contribution is 7.89. The molecule has 3 aromatic carbocycles. The summed E-state index contributed by atoms with van der Waals surface area (Å²) in [6.07, 6.45) is 1.79. The third-order valence-electron chi connectivity index (χ3n) is 5.55. The van der Waals surface area contributed by atoms with Gasteiger partial charge in [0.05, 0.1) is 17.7 Å². The molecule has 0 heterocycles. The van der Waals surface area contributed by atoms with Crippen molar-refractivity contribution in [1.82, 2.24) is 10.1 Å². The molecule has 3 rings (SSSR count). The van der Waals surface area contributed by atoms with Gasteiger partial charge in [-0.15, -0.1) is 0 Å². The summed E-state index contributed by atoms with van der Waals surface area (Å²) in [6, 6.07) is 20.7. The molecule has 0 saturated heterocycles. The molecular formula is C29H35N3O5S. The van der Waals surface area contributed by atoms with E-state index >= 15 is 0 Å². The first-order valence-corrected chi connectivity index (χ1v) is 14.0. The Hall–Kier alpha value is -3.69. The van der Waals surface area contributed by atoms with Crippen LogP contribution in [0.3, 0.4) is 0 Å². The van der Waals surface area contributed by atoms with Crippen LogP contribution in [0, 0.1) is 12.8 Å². The minimum absolute atomic E-state index is 0.0765. The van der Waals surface area contributed by atoms with Crippen molar-refractivity contribution in [2.24, 2.45) is 11.0 Å². The highest BCUT2D eigenvalue weighted by atomic mass is 32.2. The Morgan fingerprint density at radius 1 is 0.974 bits per heavy atom. The summed E-state index contributed by atoms with van der Waals surface area (Å²) in [4.78, 5) is 13.0. The largest absolute Gasteiger partial charge is 0.490 e. The SMILES string of the molecule is CCOc1cc(/C=N\NC(=O)[C@H](CC(C)C)NS(=O)(=O)c2ccc(C)cc2)ccc1OCc1ccccc1. The van der Waals surface area contributed by atoms with Crippen molar-refractivity contribution in [3.63, 3.8) is 0 Å². The molecule has 2 N–H and O–H groups in total. The van der Waals surface area contributed by atoms with Crippen molar-refractivity contribution >= 4 is 22.1 Å².